The Morgan fingerprint density at radius 3 is 2.10 bits per heavy atom. The first-order valence-corrected chi connectivity index (χ1v) is 7.18. The van der Waals surface area contributed by atoms with Gasteiger partial charge in [-0.05, 0) is 16.7 Å². The van der Waals surface area contributed by atoms with Crippen LogP contribution < -0.4 is 0 Å². The maximum atomic E-state index is 3.90. The van der Waals surface area contributed by atoms with Crippen molar-refractivity contribution in [3.63, 3.8) is 0 Å². The second-order valence-electron chi connectivity index (χ2n) is 4.18. The van der Waals surface area contributed by atoms with Crippen molar-refractivity contribution in [1.82, 2.24) is 20.4 Å². The van der Waals surface area contributed by atoms with Crippen molar-refractivity contribution in [1.29, 1.82) is 0 Å². The standard InChI is InChI=1S/C15H12N4S/c1-2-4-13(5-3-1)14-8-6-12(7-9-14)10-20-15-18-16-11-17-19-15/h1-9,11H,10H2. The highest BCUT2D eigenvalue weighted by Gasteiger charge is 2.01. The average molecular weight is 280 g/mol. The maximum absolute atomic E-state index is 3.90. The fraction of sp³-hybridized carbons (Fsp3) is 0.0667. The van der Waals surface area contributed by atoms with Crippen molar-refractivity contribution in [2.24, 2.45) is 0 Å². The Kier molecular flexibility index (Phi) is 3.99. The second kappa shape index (κ2) is 6.25. The molecule has 0 saturated heterocycles. The van der Waals surface area contributed by atoms with E-state index >= 15 is 0 Å². The molecule has 98 valence electrons. The van der Waals surface area contributed by atoms with Crippen LogP contribution in [-0.2, 0) is 5.75 Å². The molecule has 0 atom stereocenters. The Morgan fingerprint density at radius 1 is 0.750 bits per heavy atom. The van der Waals surface area contributed by atoms with E-state index in [0.717, 1.165) is 5.75 Å². The number of thioether (sulfide) groups is 1. The quantitative estimate of drug-likeness (QED) is 0.687. The summed E-state index contributed by atoms with van der Waals surface area (Å²) in [5, 5.41) is 15.8. The summed E-state index contributed by atoms with van der Waals surface area (Å²) < 4.78 is 0. The van der Waals surface area contributed by atoms with Gasteiger partial charge in [-0.1, -0.05) is 66.4 Å². The molecule has 0 N–H and O–H groups in total. The van der Waals surface area contributed by atoms with Crippen LogP contribution in [0, 0.1) is 0 Å². The minimum atomic E-state index is 0.597. The van der Waals surface area contributed by atoms with Crippen LogP contribution in [0.15, 0.2) is 66.1 Å². The SMILES string of the molecule is c1ccc(-c2ccc(CSc3nncnn3)cc2)cc1. The van der Waals surface area contributed by atoms with Crippen LogP contribution in [0.4, 0.5) is 0 Å². The molecule has 1 aromatic heterocycles. The highest BCUT2D eigenvalue weighted by atomic mass is 32.2. The van der Waals surface area contributed by atoms with Crippen LogP contribution in [0.3, 0.4) is 0 Å². The molecular formula is C15H12N4S. The molecule has 3 aromatic rings. The monoisotopic (exact) mass is 280 g/mol. The number of aromatic nitrogens is 4. The van der Waals surface area contributed by atoms with Gasteiger partial charge in [0.05, 0.1) is 0 Å². The van der Waals surface area contributed by atoms with Gasteiger partial charge in [-0.25, -0.2) is 0 Å². The maximum Gasteiger partial charge on any atom is 0.230 e. The van der Waals surface area contributed by atoms with Gasteiger partial charge in [0, 0.05) is 5.75 Å². The van der Waals surface area contributed by atoms with Crippen LogP contribution in [0.2, 0.25) is 0 Å². The third-order valence-electron chi connectivity index (χ3n) is 2.82. The van der Waals surface area contributed by atoms with E-state index in [0.29, 0.717) is 5.16 Å². The van der Waals surface area contributed by atoms with Gasteiger partial charge in [0.15, 0.2) is 6.33 Å². The zero-order valence-electron chi connectivity index (χ0n) is 10.7. The summed E-state index contributed by atoms with van der Waals surface area (Å²) in [7, 11) is 0. The normalized spacial score (nSPS) is 10.4. The van der Waals surface area contributed by atoms with Crippen molar-refractivity contribution in [3.8, 4) is 11.1 Å². The van der Waals surface area contributed by atoms with E-state index in [1.807, 2.05) is 18.2 Å². The highest BCUT2D eigenvalue weighted by molar-refractivity contribution is 7.98. The molecule has 4 nitrogen and oxygen atoms in total. The summed E-state index contributed by atoms with van der Waals surface area (Å²) in [5.41, 5.74) is 3.67. The molecule has 0 spiro atoms. The smallest absolute Gasteiger partial charge is 0.134 e. The lowest BCUT2D eigenvalue weighted by atomic mass is 10.0. The Hall–Kier alpha value is -2.27. The Morgan fingerprint density at radius 2 is 1.40 bits per heavy atom. The Balaban J connectivity index is 1.68. The van der Waals surface area contributed by atoms with E-state index in [2.05, 4.69) is 56.8 Å². The minimum absolute atomic E-state index is 0.597. The van der Waals surface area contributed by atoms with Crippen molar-refractivity contribution >= 4 is 11.8 Å². The number of benzene rings is 2. The zero-order chi connectivity index (χ0) is 13.6. The molecule has 5 heteroatoms. The number of hydrogen-bond donors (Lipinski definition) is 0. The van der Waals surface area contributed by atoms with Gasteiger partial charge in [-0.2, -0.15) is 0 Å². The van der Waals surface area contributed by atoms with Gasteiger partial charge >= 0.3 is 0 Å². The van der Waals surface area contributed by atoms with Crippen LogP contribution in [-0.4, -0.2) is 20.4 Å². The molecule has 3 rings (SSSR count). The fourth-order valence-electron chi connectivity index (χ4n) is 1.82. The highest BCUT2D eigenvalue weighted by Crippen LogP contribution is 2.22. The van der Waals surface area contributed by atoms with Crippen LogP contribution in [0.5, 0.6) is 0 Å². The first-order valence-electron chi connectivity index (χ1n) is 6.19. The first kappa shape index (κ1) is 12.7. The zero-order valence-corrected chi connectivity index (χ0v) is 11.5. The minimum Gasteiger partial charge on any atom is -0.134 e. The van der Waals surface area contributed by atoms with E-state index in [1.54, 1.807) is 0 Å². The largest absolute Gasteiger partial charge is 0.230 e. The van der Waals surface area contributed by atoms with Gasteiger partial charge in [-0.15, -0.1) is 20.4 Å². The lowest BCUT2D eigenvalue weighted by Crippen LogP contribution is -1.92. The molecule has 0 aliphatic rings. The van der Waals surface area contributed by atoms with Crippen molar-refractivity contribution in [3.05, 3.63) is 66.5 Å². The van der Waals surface area contributed by atoms with E-state index in [9.17, 15) is 0 Å². The van der Waals surface area contributed by atoms with Crippen LogP contribution in [0.1, 0.15) is 5.56 Å². The molecule has 0 unspecified atom stereocenters. The lowest BCUT2D eigenvalue weighted by molar-refractivity contribution is 0.744. The van der Waals surface area contributed by atoms with Crippen molar-refractivity contribution in [2.75, 3.05) is 0 Å². The van der Waals surface area contributed by atoms with E-state index < -0.39 is 0 Å². The number of nitrogens with zero attached hydrogens (tertiary/aromatic N) is 4. The first-order chi connectivity index (χ1) is 9.92. The third-order valence-corrected chi connectivity index (χ3v) is 3.72. The van der Waals surface area contributed by atoms with Gasteiger partial charge in [-0.3, -0.25) is 0 Å². The summed E-state index contributed by atoms with van der Waals surface area (Å²) in [5.74, 6) is 0.808. The molecule has 1 heterocycles. The van der Waals surface area contributed by atoms with Gasteiger partial charge in [0.2, 0.25) is 5.16 Å². The molecule has 0 saturated carbocycles. The van der Waals surface area contributed by atoms with Gasteiger partial charge < -0.3 is 0 Å². The van der Waals surface area contributed by atoms with Crippen LogP contribution >= 0.6 is 11.8 Å². The molecule has 0 aliphatic heterocycles. The second-order valence-corrected chi connectivity index (χ2v) is 5.12. The predicted molar refractivity (Wildman–Crippen MR) is 79.1 cm³/mol. The third kappa shape index (κ3) is 3.19. The number of hydrogen-bond acceptors (Lipinski definition) is 5. The molecule has 2 aromatic carbocycles. The van der Waals surface area contributed by atoms with Crippen LogP contribution in [0.25, 0.3) is 11.1 Å². The number of rotatable bonds is 4. The van der Waals surface area contributed by atoms with E-state index in [1.165, 1.54) is 34.8 Å². The molecule has 0 bridgehead atoms. The summed E-state index contributed by atoms with van der Waals surface area (Å²) in [6.45, 7) is 0. The van der Waals surface area contributed by atoms with Gasteiger partial charge in [0.1, 0.15) is 0 Å². The summed E-state index contributed by atoms with van der Waals surface area (Å²) in [4.78, 5) is 0. The molecule has 0 amide bonds. The molecular weight excluding hydrogens is 268 g/mol. The Labute approximate surface area is 121 Å². The predicted octanol–water partition coefficient (Wildman–Crippen LogP) is 3.23. The van der Waals surface area contributed by atoms with E-state index in [-0.39, 0.29) is 0 Å². The average Bonchev–Trinajstić information content (AvgIpc) is 2.55. The van der Waals surface area contributed by atoms with Crippen molar-refractivity contribution in [2.45, 2.75) is 10.9 Å². The van der Waals surface area contributed by atoms with E-state index in [4.69, 9.17) is 0 Å². The lowest BCUT2D eigenvalue weighted by Gasteiger charge is -2.03. The topological polar surface area (TPSA) is 51.6 Å². The Bertz CT molecular complexity index is 656. The van der Waals surface area contributed by atoms with Crippen molar-refractivity contribution < 1.29 is 0 Å². The molecule has 0 aliphatic carbocycles. The van der Waals surface area contributed by atoms with Gasteiger partial charge in [0.25, 0.3) is 0 Å². The molecule has 0 radical (unpaired) electrons. The summed E-state index contributed by atoms with van der Waals surface area (Å²) in [6.07, 6.45) is 1.33. The summed E-state index contributed by atoms with van der Waals surface area (Å²) in [6, 6.07) is 18.9. The fourth-order valence-corrected chi connectivity index (χ4v) is 2.52. The summed E-state index contributed by atoms with van der Waals surface area (Å²) >= 11 is 1.53. The molecule has 0 fully saturated rings. The molecule has 20 heavy (non-hydrogen) atoms.